The molecule has 0 saturated carbocycles. The van der Waals surface area contributed by atoms with Gasteiger partial charge >= 0.3 is 0 Å². The van der Waals surface area contributed by atoms with Crippen LogP contribution >= 0.6 is 0 Å². The molecule has 1 aliphatic rings. The fourth-order valence-electron chi connectivity index (χ4n) is 2.62. The summed E-state index contributed by atoms with van der Waals surface area (Å²) in [5.41, 5.74) is 3.18. The fourth-order valence-corrected chi connectivity index (χ4v) is 2.62. The summed E-state index contributed by atoms with van der Waals surface area (Å²) in [7, 11) is 0. The van der Waals surface area contributed by atoms with Crippen molar-refractivity contribution in [2.75, 3.05) is 6.54 Å². The van der Waals surface area contributed by atoms with Gasteiger partial charge in [0.25, 0.3) is 0 Å². The third-order valence-corrected chi connectivity index (χ3v) is 3.65. The summed E-state index contributed by atoms with van der Waals surface area (Å²) >= 11 is 0. The minimum absolute atomic E-state index is 0.0815. The van der Waals surface area contributed by atoms with Crippen molar-refractivity contribution in [1.82, 2.24) is 25.4 Å². The first-order chi connectivity index (χ1) is 10.4. The van der Waals surface area contributed by atoms with E-state index in [0.717, 1.165) is 13.1 Å². The van der Waals surface area contributed by atoms with Gasteiger partial charge in [0.05, 0.1) is 5.92 Å². The molecule has 0 aliphatic carbocycles. The van der Waals surface area contributed by atoms with Crippen LogP contribution in [0.5, 0.6) is 0 Å². The molecule has 1 aromatic carbocycles. The first-order valence-corrected chi connectivity index (χ1v) is 6.80. The highest BCUT2D eigenvalue weighted by molar-refractivity contribution is 5.47. The predicted molar refractivity (Wildman–Crippen MR) is 75.3 cm³/mol. The number of fused-ring (bicyclic) bond motifs is 1. The minimum Gasteiger partial charge on any atom is -0.338 e. The average Bonchev–Trinajstić information content (AvgIpc) is 3.05. The predicted octanol–water partition coefficient (Wildman–Crippen LogP) is 1.76. The molecule has 0 saturated heterocycles. The van der Waals surface area contributed by atoms with Crippen molar-refractivity contribution in [3.63, 3.8) is 0 Å². The van der Waals surface area contributed by atoms with Crippen LogP contribution in [0.2, 0.25) is 0 Å². The van der Waals surface area contributed by atoms with Gasteiger partial charge in [0.15, 0.2) is 0 Å². The van der Waals surface area contributed by atoms with Crippen LogP contribution in [0.15, 0.2) is 47.4 Å². The zero-order chi connectivity index (χ0) is 14.1. The molecule has 6 nitrogen and oxygen atoms in total. The molecule has 2 aromatic heterocycles. The first-order valence-electron chi connectivity index (χ1n) is 6.80. The van der Waals surface area contributed by atoms with E-state index in [9.17, 15) is 0 Å². The highest BCUT2D eigenvalue weighted by atomic mass is 16.5. The van der Waals surface area contributed by atoms with Gasteiger partial charge in [-0.05, 0) is 17.2 Å². The van der Waals surface area contributed by atoms with Crippen molar-refractivity contribution < 1.29 is 4.52 Å². The molecular weight excluding hydrogens is 266 g/mol. The maximum Gasteiger partial charge on any atom is 0.235 e. The molecule has 3 heterocycles. The van der Waals surface area contributed by atoms with E-state index in [1.54, 1.807) is 12.3 Å². The van der Waals surface area contributed by atoms with Crippen molar-refractivity contribution in [3.05, 3.63) is 59.9 Å². The summed E-state index contributed by atoms with van der Waals surface area (Å²) in [5.74, 6) is 1.19. The third-order valence-electron chi connectivity index (χ3n) is 3.65. The summed E-state index contributed by atoms with van der Waals surface area (Å²) in [6.07, 6.45) is 3.14. The van der Waals surface area contributed by atoms with Crippen LogP contribution < -0.4 is 5.32 Å². The molecule has 3 aromatic rings. The van der Waals surface area contributed by atoms with E-state index in [1.165, 1.54) is 17.5 Å². The van der Waals surface area contributed by atoms with E-state index in [2.05, 4.69) is 37.6 Å². The number of nitrogens with zero attached hydrogens (tertiary/aromatic N) is 4. The summed E-state index contributed by atoms with van der Waals surface area (Å²) in [6.45, 7) is 1.67. The Bertz CT molecular complexity index is 756. The second-order valence-corrected chi connectivity index (χ2v) is 4.93. The molecule has 1 N–H and O–H groups in total. The molecule has 0 bridgehead atoms. The van der Waals surface area contributed by atoms with Gasteiger partial charge < -0.3 is 9.84 Å². The van der Waals surface area contributed by atoms with E-state index in [1.807, 2.05) is 12.1 Å². The number of nitrogens with one attached hydrogen (secondary N) is 1. The molecule has 104 valence electrons. The van der Waals surface area contributed by atoms with Gasteiger partial charge in [-0.15, -0.1) is 0 Å². The average molecular weight is 279 g/mol. The molecule has 4 rings (SSSR count). The van der Waals surface area contributed by atoms with Crippen LogP contribution in [0.1, 0.15) is 22.9 Å². The molecule has 0 amide bonds. The highest BCUT2D eigenvalue weighted by Gasteiger charge is 2.26. The standard InChI is InChI=1S/C15H13N5O/c1-2-4-11-10(3-1)7-17-8-12(11)15-19-14(20-21-15)13-5-6-16-9-18-13/h1-6,9,12,17H,7-8H2. The lowest BCUT2D eigenvalue weighted by Gasteiger charge is -2.23. The third kappa shape index (κ3) is 2.19. The van der Waals surface area contributed by atoms with E-state index < -0.39 is 0 Å². The van der Waals surface area contributed by atoms with Gasteiger partial charge in [0, 0.05) is 19.3 Å². The Kier molecular flexibility index (Phi) is 2.93. The second kappa shape index (κ2) is 5.06. The van der Waals surface area contributed by atoms with Crippen LogP contribution in [0.4, 0.5) is 0 Å². The largest absolute Gasteiger partial charge is 0.338 e. The van der Waals surface area contributed by atoms with E-state index in [0.29, 0.717) is 17.4 Å². The van der Waals surface area contributed by atoms with Gasteiger partial charge in [0.1, 0.15) is 12.0 Å². The summed E-state index contributed by atoms with van der Waals surface area (Å²) in [4.78, 5) is 12.5. The number of aromatic nitrogens is 4. The summed E-state index contributed by atoms with van der Waals surface area (Å²) in [6, 6.07) is 10.1. The monoisotopic (exact) mass is 279 g/mol. The highest BCUT2D eigenvalue weighted by Crippen LogP contribution is 2.29. The van der Waals surface area contributed by atoms with Gasteiger partial charge in [0.2, 0.25) is 11.7 Å². The van der Waals surface area contributed by atoms with Gasteiger partial charge in [-0.1, -0.05) is 29.4 Å². The number of benzene rings is 1. The lowest BCUT2D eigenvalue weighted by Crippen LogP contribution is -2.28. The van der Waals surface area contributed by atoms with Gasteiger partial charge in [-0.2, -0.15) is 4.98 Å². The van der Waals surface area contributed by atoms with E-state index in [4.69, 9.17) is 4.52 Å². The number of hydrogen-bond acceptors (Lipinski definition) is 6. The minimum atomic E-state index is 0.0815. The van der Waals surface area contributed by atoms with Crippen LogP contribution in [-0.2, 0) is 6.54 Å². The smallest absolute Gasteiger partial charge is 0.235 e. The Labute approximate surface area is 121 Å². The fraction of sp³-hybridized carbons (Fsp3) is 0.200. The maximum absolute atomic E-state index is 5.45. The SMILES string of the molecule is c1ccc2c(c1)CNCC2c1nc(-c2ccncn2)no1. The molecule has 0 spiro atoms. The second-order valence-electron chi connectivity index (χ2n) is 4.93. The van der Waals surface area contributed by atoms with E-state index in [-0.39, 0.29) is 5.92 Å². The zero-order valence-corrected chi connectivity index (χ0v) is 11.2. The molecular formula is C15H13N5O. The van der Waals surface area contributed by atoms with E-state index >= 15 is 0 Å². The lowest BCUT2D eigenvalue weighted by molar-refractivity contribution is 0.356. The quantitative estimate of drug-likeness (QED) is 0.770. The van der Waals surface area contributed by atoms with Crippen molar-refractivity contribution in [3.8, 4) is 11.5 Å². The maximum atomic E-state index is 5.45. The summed E-state index contributed by atoms with van der Waals surface area (Å²) < 4.78 is 5.45. The van der Waals surface area contributed by atoms with Gasteiger partial charge in [-0.25, -0.2) is 9.97 Å². The molecule has 1 atom stereocenters. The zero-order valence-electron chi connectivity index (χ0n) is 11.2. The Balaban J connectivity index is 1.71. The molecule has 1 unspecified atom stereocenters. The number of hydrogen-bond donors (Lipinski definition) is 1. The first kappa shape index (κ1) is 12.2. The molecule has 0 fully saturated rings. The van der Waals surface area contributed by atoms with Crippen LogP contribution in [-0.4, -0.2) is 26.7 Å². The number of rotatable bonds is 2. The van der Waals surface area contributed by atoms with Crippen molar-refractivity contribution in [1.29, 1.82) is 0 Å². The Morgan fingerprint density at radius 1 is 1.19 bits per heavy atom. The Morgan fingerprint density at radius 3 is 3.05 bits per heavy atom. The van der Waals surface area contributed by atoms with Gasteiger partial charge in [-0.3, -0.25) is 0 Å². The van der Waals surface area contributed by atoms with Crippen LogP contribution in [0, 0.1) is 0 Å². The van der Waals surface area contributed by atoms with Crippen molar-refractivity contribution in [2.24, 2.45) is 0 Å². The molecule has 6 heteroatoms. The topological polar surface area (TPSA) is 76.7 Å². The van der Waals surface area contributed by atoms with Crippen molar-refractivity contribution >= 4 is 0 Å². The molecule has 1 aliphatic heterocycles. The van der Waals surface area contributed by atoms with Crippen LogP contribution in [0.3, 0.4) is 0 Å². The van der Waals surface area contributed by atoms with Crippen LogP contribution in [0.25, 0.3) is 11.5 Å². The normalized spacial score (nSPS) is 17.4. The molecule has 0 radical (unpaired) electrons. The molecule has 21 heavy (non-hydrogen) atoms. The van der Waals surface area contributed by atoms with Crippen molar-refractivity contribution in [2.45, 2.75) is 12.5 Å². The Hall–Kier alpha value is -2.60. The summed E-state index contributed by atoms with van der Waals surface area (Å²) in [5, 5.41) is 7.42. The Morgan fingerprint density at radius 2 is 2.14 bits per heavy atom. The lowest BCUT2D eigenvalue weighted by atomic mass is 9.91.